The van der Waals surface area contributed by atoms with Gasteiger partial charge in [-0.05, 0) is 40.0 Å². The molecule has 1 fully saturated rings. The summed E-state index contributed by atoms with van der Waals surface area (Å²) >= 11 is 3.08. The molecule has 0 radical (unpaired) electrons. The highest BCUT2D eigenvalue weighted by molar-refractivity contribution is 9.10. The minimum atomic E-state index is -2.35. The highest BCUT2D eigenvalue weighted by Gasteiger charge is 2.47. The number of nitrogens with zero attached hydrogens (tertiary/aromatic N) is 1. The maximum absolute atomic E-state index is 14.0. The van der Waals surface area contributed by atoms with E-state index in [9.17, 15) is 18.4 Å². The predicted octanol–water partition coefficient (Wildman–Crippen LogP) is 2.79. The lowest BCUT2D eigenvalue weighted by Gasteiger charge is -2.21. The molecule has 22 heavy (non-hydrogen) atoms. The van der Waals surface area contributed by atoms with Crippen LogP contribution in [0.5, 0.6) is 0 Å². The van der Waals surface area contributed by atoms with Gasteiger partial charge in [0.15, 0.2) is 0 Å². The molecule has 0 aliphatic carbocycles. The SMILES string of the molecule is CC(Cc1ccc(F)c(Br)c1)C(=O)N1CCC(F)(C(=O)O)C1. The van der Waals surface area contributed by atoms with E-state index in [2.05, 4.69) is 15.9 Å². The normalized spacial score (nSPS) is 22.6. The number of carboxylic acid groups (broad SMARTS) is 1. The monoisotopic (exact) mass is 375 g/mol. The highest BCUT2D eigenvalue weighted by atomic mass is 79.9. The van der Waals surface area contributed by atoms with Crippen LogP contribution in [0.1, 0.15) is 18.9 Å². The molecule has 0 saturated carbocycles. The molecule has 1 amide bonds. The van der Waals surface area contributed by atoms with Gasteiger partial charge in [0.05, 0.1) is 11.0 Å². The van der Waals surface area contributed by atoms with E-state index in [4.69, 9.17) is 5.11 Å². The fourth-order valence-electron chi connectivity index (χ4n) is 2.55. The number of halogens is 3. The Balaban J connectivity index is 2.01. The summed E-state index contributed by atoms with van der Waals surface area (Å²) in [6.07, 6.45) is 0.184. The van der Waals surface area contributed by atoms with E-state index in [0.29, 0.717) is 10.9 Å². The van der Waals surface area contributed by atoms with Crippen LogP contribution in [0.25, 0.3) is 0 Å². The maximum Gasteiger partial charge on any atom is 0.343 e. The lowest BCUT2D eigenvalue weighted by molar-refractivity contribution is -0.150. The summed E-state index contributed by atoms with van der Waals surface area (Å²) in [4.78, 5) is 24.4. The second-order valence-electron chi connectivity index (χ2n) is 5.63. The standard InChI is InChI=1S/C15H16BrF2NO3/c1-9(6-10-2-3-12(17)11(16)7-10)13(20)19-5-4-15(18,8-19)14(21)22/h2-3,7,9H,4-6,8H2,1H3,(H,21,22). The van der Waals surface area contributed by atoms with Gasteiger partial charge in [0, 0.05) is 18.9 Å². The van der Waals surface area contributed by atoms with Gasteiger partial charge in [0.2, 0.25) is 11.6 Å². The van der Waals surface area contributed by atoms with Crippen molar-refractivity contribution in [1.29, 1.82) is 0 Å². The number of carboxylic acids is 1. The van der Waals surface area contributed by atoms with Crippen molar-refractivity contribution in [2.45, 2.75) is 25.4 Å². The van der Waals surface area contributed by atoms with Gasteiger partial charge in [0.25, 0.3) is 0 Å². The van der Waals surface area contributed by atoms with Crippen molar-refractivity contribution < 1.29 is 23.5 Å². The summed E-state index contributed by atoms with van der Waals surface area (Å²) < 4.78 is 27.5. The first-order valence-corrected chi connectivity index (χ1v) is 7.67. The number of likely N-dealkylation sites (tertiary alicyclic amines) is 1. The number of alkyl halides is 1. The molecule has 1 N–H and O–H groups in total. The molecular weight excluding hydrogens is 360 g/mol. The largest absolute Gasteiger partial charge is 0.479 e. The van der Waals surface area contributed by atoms with Crippen molar-refractivity contribution in [2.24, 2.45) is 5.92 Å². The van der Waals surface area contributed by atoms with E-state index in [1.165, 1.54) is 11.0 Å². The Morgan fingerprint density at radius 3 is 2.73 bits per heavy atom. The quantitative estimate of drug-likeness (QED) is 0.880. The molecule has 4 nitrogen and oxygen atoms in total. The average Bonchev–Trinajstić information content (AvgIpc) is 2.86. The molecule has 7 heteroatoms. The zero-order valence-corrected chi connectivity index (χ0v) is 13.6. The Morgan fingerprint density at radius 1 is 1.50 bits per heavy atom. The molecule has 120 valence electrons. The Hall–Kier alpha value is -1.50. The van der Waals surface area contributed by atoms with Crippen molar-refractivity contribution in [1.82, 2.24) is 4.90 Å². The van der Waals surface area contributed by atoms with E-state index in [0.717, 1.165) is 5.56 Å². The first kappa shape index (κ1) is 16.9. The van der Waals surface area contributed by atoms with Gasteiger partial charge in [-0.25, -0.2) is 13.6 Å². The zero-order valence-electron chi connectivity index (χ0n) is 12.0. The van der Waals surface area contributed by atoms with Crippen LogP contribution < -0.4 is 0 Å². The number of hydrogen-bond acceptors (Lipinski definition) is 2. The van der Waals surface area contributed by atoms with Crippen LogP contribution in [0.15, 0.2) is 22.7 Å². The first-order valence-electron chi connectivity index (χ1n) is 6.88. The van der Waals surface area contributed by atoms with Crippen LogP contribution >= 0.6 is 15.9 Å². The molecule has 1 aliphatic heterocycles. The van der Waals surface area contributed by atoms with Crippen LogP contribution in [0.2, 0.25) is 0 Å². The van der Waals surface area contributed by atoms with Gasteiger partial charge in [-0.15, -0.1) is 0 Å². The third-order valence-electron chi connectivity index (χ3n) is 3.86. The van der Waals surface area contributed by atoms with Crippen LogP contribution in [0.3, 0.4) is 0 Å². The lowest BCUT2D eigenvalue weighted by Crippen LogP contribution is -2.40. The number of hydrogen-bond donors (Lipinski definition) is 1. The smallest absolute Gasteiger partial charge is 0.343 e. The molecule has 2 rings (SSSR count). The van der Waals surface area contributed by atoms with E-state index in [-0.39, 0.29) is 24.7 Å². The molecule has 1 aromatic rings. The lowest BCUT2D eigenvalue weighted by atomic mass is 10.00. The molecule has 0 aromatic heterocycles. The molecule has 0 spiro atoms. The van der Waals surface area contributed by atoms with Crippen LogP contribution in [-0.2, 0) is 16.0 Å². The van der Waals surface area contributed by atoms with Crippen molar-refractivity contribution in [3.8, 4) is 0 Å². The highest BCUT2D eigenvalue weighted by Crippen LogP contribution is 2.28. The van der Waals surface area contributed by atoms with Crippen molar-refractivity contribution in [3.05, 3.63) is 34.1 Å². The third kappa shape index (κ3) is 3.45. The number of benzene rings is 1. The number of rotatable bonds is 4. The van der Waals surface area contributed by atoms with Crippen LogP contribution in [-0.4, -0.2) is 40.6 Å². The number of amides is 1. The fraction of sp³-hybridized carbons (Fsp3) is 0.467. The average molecular weight is 376 g/mol. The molecule has 2 atom stereocenters. The minimum absolute atomic E-state index is 0.0963. The van der Waals surface area contributed by atoms with Gasteiger partial charge in [-0.2, -0.15) is 0 Å². The van der Waals surface area contributed by atoms with Gasteiger partial charge in [-0.3, -0.25) is 4.79 Å². The van der Waals surface area contributed by atoms with Crippen LogP contribution in [0, 0.1) is 11.7 Å². The Bertz CT molecular complexity index is 610. The van der Waals surface area contributed by atoms with Gasteiger partial charge in [-0.1, -0.05) is 13.0 Å². The Kier molecular flexibility index (Phi) is 4.84. The summed E-state index contributed by atoms with van der Waals surface area (Å²) in [6, 6.07) is 4.49. The second kappa shape index (κ2) is 6.32. The summed E-state index contributed by atoms with van der Waals surface area (Å²) in [5.41, 5.74) is -1.58. The molecule has 1 aromatic carbocycles. The fourth-order valence-corrected chi connectivity index (χ4v) is 2.98. The zero-order chi connectivity index (χ0) is 16.5. The number of carbonyl (C=O) groups is 2. The molecule has 2 unspecified atom stereocenters. The van der Waals surface area contributed by atoms with Gasteiger partial charge >= 0.3 is 5.97 Å². The molecule has 1 aliphatic rings. The second-order valence-corrected chi connectivity index (χ2v) is 6.49. The van der Waals surface area contributed by atoms with Crippen LogP contribution in [0.4, 0.5) is 8.78 Å². The maximum atomic E-state index is 14.0. The van der Waals surface area contributed by atoms with Gasteiger partial charge < -0.3 is 10.0 Å². The van der Waals surface area contributed by atoms with E-state index in [1.807, 2.05) is 0 Å². The Labute approximate surface area is 135 Å². The summed E-state index contributed by atoms with van der Waals surface area (Å²) in [7, 11) is 0. The number of carbonyl (C=O) groups excluding carboxylic acids is 1. The summed E-state index contributed by atoms with van der Waals surface area (Å²) in [5.74, 6) is -2.64. The predicted molar refractivity (Wildman–Crippen MR) is 79.6 cm³/mol. The van der Waals surface area contributed by atoms with E-state index < -0.39 is 24.1 Å². The topological polar surface area (TPSA) is 57.6 Å². The number of aliphatic carboxylic acids is 1. The Morgan fingerprint density at radius 2 is 2.18 bits per heavy atom. The first-order chi connectivity index (χ1) is 10.2. The van der Waals surface area contributed by atoms with Crippen molar-refractivity contribution >= 4 is 27.8 Å². The molecular formula is C15H16BrF2NO3. The van der Waals surface area contributed by atoms with Crippen molar-refractivity contribution in [2.75, 3.05) is 13.1 Å². The molecule has 1 saturated heterocycles. The minimum Gasteiger partial charge on any atom is -0.479 e. The third-order valence-corrected chi connectivity index (χ3v) is 4.47. The summed E-state index contributed by atoms with van der Waals surface area (Å²) in [5, 5.41) is 8.85. The van der Waals surface area contributed by atoms with Crippen molar-refractivity contribution in [3.63, 3.8) is 0 Å². The summed E-state index contributed by atoms with van der Waals surface area (Å²) in [6.45, 7) is 1.37. The van der Waals surface area contributed by atoms with E-state index in [1.54, 1.807) is 19.1 Å². The molecule has 0 bridgehead atoms. The van der Waals surface area contributed by atoms with E-state index >= 15 is 0 Å². The molecule has 1 heterocycles. The van der Waals surface area contributed by atoms with Gasteiger partial charge in [0.1, 0.15) is 5.82 Å².